The molecular weight excluding hydrogens is 1400 g/mol. The largest absolute Gasteiger partial charge is 0.311 e. The number of rotatable bonds is 8. The van der Waals surface area contributed by atoms with Crippen LogP contribution in [0.15, 0.2) is 376 Å². The Morgan fingerprint density at radius 2 is 0.457 bits per heavy atom. The fraction of sp³-hybridized carbons (Fsp3) is 0.0727. The standard InChI is InChI=1S/C110H80B2N4/c1-109(2,3)73-61-101-105-102(62-73)114(76-58-60-90-86-46-22-20-42-82(86)84-44-24-26-48-88(84)92(90)66-76)99-68-100-96(67-95(99)111(105)93-53-27-29-55-97(93)113(101)75-57-59-89-85-45-21-19-41-81(85)83-43-23-25-47-87(83)91(89)65-75)112-94-54-28-30-56-98(94)115(107-77(69-33-11-7-12-34-69)49-31-50-78(107)70-35-13-8-14-36-70)103-63-74(110(4,5)6)64-104(106(103)112)116(100)108-79(71-37-15-9-16-38-71)51-32-52-80(108)72-39-17-10-18-40-72/h7-68H,1-6H3. The van der Waals surface area contributed by atoms with Gasteiger partial charge in [-0.2, -0.15) is 0 Å². The number of fused-ring (bicyclic) bond motifs is 20. The predicted octanol–water partition coefficient (Wildman–Crippen LogP) is 26.0. The quantitative estimate of drug-likeness (QED) is 0.111. The molecule has 0 aromatic heterocycles. The molecule has 0 unspecified atom stereocenters. The normalized spacial score (nSPS) is 13.3. The lowest BCUT2D eigenvalue weighted by molar-refractivity contribution is 0.590. The van der Waals surface area contributed by atoms with Crippen molar-refractivity contribution in [2.45, 2.75) is 52.4 Å². The molecule has 0 bridgehead atoms. The van der Waals surface area contributed by atoms with Gasteiger partial charge in [0.25, 0.3) is 13.4 Å². The van der Waals surface area contributed by atoms with E-state index in [9.17, 15) is 0 Å². The minimum absolute atomic E-state index is 0.232. The SMILES string of the molecule is CC(C)(C)c1cc2c3c(c1)N(c1ccc4c5ccccc5c5ccccc5c4c1)c1cc4c(cc1B3c1ccccc1N2c1ccc2c3ccccc3c3ccccc3c2c1)B1c2ccccc2N(c2c(-c3ccccc3)cccc2-c2ccccc2)c2cc(C(C)(C)C)cc(c21)N4c1c(-c2ccccc2)cccc1-c1ccccc1. The zero-order chi connectivity index (χ0) is 77.4. The molecule has 6 heteroatoms. The van der Waals surface area contributed by atoms with Gasteiger partial charge in [-0.05, 0) is 208 Å². The van der Waals surface area contributed by atoms with Gasteiger partial charge in [0.1, 0.15) is 0 Å². The van der Waals surface area contributed by atoms with Crippen molar-refractivity contribution in [2.75, 3.05) is 19.6 Å². The van der Waals surface area contributed by atoms with Gasteiger partial charge in [0.2, 0.25) is 0 Å². The van der Waals surface area contributed by atoms with Gasteiger partial charge in [-0.3, -0.25) is 0 Å². The van der Waals surface area contributed by atoms with Gasteiger partial charge in [0.05, 0.1) is 11.4 Å². The first-order chi connectivity index (χ1) is 56.9. The summed E-state index contributed by atoms with van der Waals surface area (Å²) in [5, 5.41) is 15.0. The molecule has 4 nitrogen and oxygen atoms in total. The number of anilines is 12. The van der Waals surface area contributed by atoms with Gasteiger partial charge in [-0.1, -0.05) is 351 Å². The van der Waals surface area contributed by atoms with Crippen molar-refractivity contribution < 1.29 is 0 Å². The van der Waals surface area contributed by atoms with Crippen LogP contribution in [0.1, 0.15) is 52.7 Å². The van der Waals surface area contributed by atoms with Crippen LogP contribution in [0.3, 0.4) is 0 Å². The summed E-state index contributed by atoms with van der Waals surface area (Å²) < 4.78 is 0. The summed E-state index contributed by atoms with van der Waals surface area (Å²) in [6, 6.07) is 144. The average Bonchev–Trinajstić information content (AvgIpc) is 0.677. The van der Waals surface area contributed by atoms with Crippen molar-refractivity contribution in [3.63, 3.8) is 0 Å². The van der Waals surface area contributed by atoms with Crippen molar-refractivity contribution in [3.05, 3.63) is 387 Å². The molecule has 0 N–H and O–H groups in total. The second-order valence-corrected chi connectivity index (χ2v) is 34.2. The molecule has 0 saturated heterocycles. The zero-order valence-corrected chi connectivity index (χ0v) is 65.7. The molecule has 0 amide bonds. The van der Waals surface area contributed by atoms with E-state index in [0.717, 1.165) is 90.0 Å². The first-order valence-corrected chi connectivity index (χ1v) is 41.0. The Morgan fingerprint density at radius 3 is 0.802 bits per heavy atom. The van der Waals surface area contributed by atoms with Crippen molar-refractivity contribution in [3.8, 4) is 44.5 Å². The number of benzene rings is 19. The molecule has 0 fully saturated rings. The molecule has 0 saturated carbocycles. The molecule has 0 spiro atoms. The Balaban J connectivity index is 0.878. The van der Waals surface area contributed by atoms with Gasteiger partial charge >= 0.3 is 0 Å². The Morgan fingerprint density at radius 1 is 0.190 bits per heavy atom. The lowest BCUT2D eigenvalue weighted by Crippen LogP contribution is -2.65. The van der Waals surface area contributed by atoms with Crippen LogP contribution in [0.2, 0.25) is 0 Å². The van der Waals surface area contributed by atoms with E-state index in [0.29, 0.717) is 0 Å². The fourth-order valence-electron chi connectivity index (χ4n) is 20.3. The van der Waals surface area contributed by atoms with Gasteiger partial charge in [-0.25, -0.2) is 0 Å². The van der Waals surface area contributed by atoms with Crippen LogP contribution in [-0.4, -0.2) is 13.4 Å². The molecule has 19 aromatic carbocycles. The minimum atomic E-state index is -0.320. The molecular formula is C110H80B2N4. The van der Waals surface area contributed by atoms with Gasteiger partial charge in [0.15, 0.2) is 0 Å². The highest BCUT2D eigenvalue weighted by Crippen LogP contribution is 2.56. The molecule has 4 aliphatic heterocycles. The van der Waals surface area contributed by atoms with Crippen LogP contribution in [0, 0.1) is 0 Å². The third-order valence-electron chi connectivity index (χ3n) is 25.6. The van der Waals surface area contributed by atoms with Crippen LogP contribution in [-0.2, 0) is 10.8 Å². The lowest BCUT2D eigenvalue weighted by Gasteiger charge is -2.48. The average molecular weight is 1480 g/mol. The smallest absolute Gasteiger partial charge is 0.252 e. The van der Waals surface area contributed by atoms with Gasteiger partial charge in [0, 0.05) is 79.1 Å². The van der Waals surface area contributed by atoms with Crippen LogP contribution >= 0.6 is 0 Å². The van der Waals surface area contributed by atoms with Crippen LogP contribution in [0.5, 0.6) is 0 Å². The lowest BCUT2D eigenvalue weighted by atomic mass is 9.30. The summed E-state index contributed by atoms with van der Waals surface area (Å²) in [6.07, 6.45) is 0. The Bertz CT molecular complexity index is 7140. The maximum atomic E-state index is 2.76. The van der Waals surface area contributed by atoms with Crippen molar-refractivity contribution >= 4 is 179 Å². The molecule has 4 aliphatic rings. The second-order valence-electron chi connectivity index (χ2n) is 34.2. The third-order valence-corrected chi connectivity index (χ3v) is 25.6. The molecule has 546 valence electrons. The number of nitrogens with zero attached hydrogens (tertiary/aromatic N) is 4. The monoisotopic (exact) mass is 1480 g/mol. The van der Waals surface area contributed by atoms with Gasteiger partial charge in [-0.15, -0.1) is 0 Å². The maximum Gasteiger partial charge on any atom is 0.252 e. The van der Waals surface area contributed by atoms with E-state index in [1.807, 2.05) is 0 Å². The van der Waals surface area contributed by atoms with Gasteiger partial charge < -0.3 is 19.6 Å². The summed E-state index contributed by atoms with van der Waals surface area (Å²) in [5.41, 5.74) is 32.4. The Labute approximate surface area is 678 Å². The van der Waals surface area contributed by atoms with Crippen LogP contribution in [0.25, 0.3) is 109 Å². The molecule has 116 heavy (non-hydrogen) atoms. The number of hydrogen-bond acceptors (Lipinski definition) is 4. The van der Waals surface area contributed by atoms with E-state index in [1.54, 1.807) is 0 Å². The summed E-state index contributed by atoms with van der Waals surface area (Å²) in [7, 11) is 0. The zero-order valence-electron chi connectivity index (χ0n) is 65.7. The van der Waals surface area contributed by atoms with E-state index in [-0.39, 0.29) is 24.3 Å². The maximum absolute atomic E-state index is 2.76. The number of para-hydroxylation sites is 4. The Kier molecular flexibility index (Phi) is 15.1. The fourth-order valence-corrected chi connectivity index (χ4v) is 20.3. The molecule has 0 aliphatic carbocycles. The highest BCUT2D eigenvalue weighted by Gasteiger charge is 2.50. The van der Waals surface area contributed by atoms with Crippen molar-refractivity contribution in [2.24, 2.45) is 0 Å². The highest BCUT2D eigenvalue weighted by atomic mass is 15.2. The summed E-state index contributed by atoms with van der Waals surface area (Å²) >= 11 is 0. The van der Waals surface area contributed by atoms with Crippen LogP contribution < -0.4 is 52.4 Å². The van der Waals surface area contributed by atoms with Crippen molar-refractivity contribution in [1.82, 2.24) is 0 Å². The minimum Gasteiger partial charge on any atom is -0.311 e. The van der Waals surface area contributed by atoms with E-state index in [2.05, 4.69) is 437 Å². The molecule has 0 atom stereocenters. The van der Waals surface area contributed by atoms with Crippen molar-refractivity contribution in [1.29, 1.82) is 0 Å². The summed E-state index contributed by atoms with van der Waals surface area (Å²) in [5.74, 6) is 0. The topological polar surface area (TPSA) is 13.0 Å². The second kappa shape index (κ2) is 25.8. The summed E-state index contributed by atoms with van der Waals surface area (Å²) in [6.45, 7) is 13.9. The first-order valence-electron chi connectivity index (χ1n) is 41.0. The molecule has 19 aromatic rings. The molecule has 0 radical (unpaired) electrons. The van der Waals surface area contributed by atoms with E-state index < -0.39 is 0 Å². The van der Waals surface area contributed by atoms with E-state index in [1.165, 1.54) is 131 Å². The van der Waals surface area contributed by atoms with Crippen LogP contribution in [0.4, 0.5) is 68.2 Å². The first kappa shape index (κ1) is 67.7. The molecule has 23 rings (SSSR count). The number of hydrogen-bond donors (Lipinski definition) is 0. The van der Waals surface area contributed by atoms with E-state index in [4.69, 9.17) is 0 Å². The van der Waals surface area contributed by atoms with E-state index >= 15 is 0 Å². The molecule has 4 heterocycles. The Hall–Kier alpha value is -13.9. The third kappa shape index (κ3) is 10.2. The predicted molar refractivity (Wildman–Crippen MR) is 499 cm³/mol. The highest BCUT2D eigenvalue weighted by molar-refractivity contribution is 7.03. The summed E-state index contributed by atoms with van der Waals surface area (Å²) in [4.78, 5) is 10.8.